The second-order valence-corrected chi connectivity index (χ2v) is 5.32. The topological polar surface area (TPSA) is 25.8 Å². The lowest BCUT2D eigenvalue weighted by Gasteiger charge is -2.10. The summed E-state index contributed by atoms with van der Waals surface area (Å²) in [5.41, 5.74) is 1.31. The van der Waals surface area contributed by atoms with Crippen molar-refractivity contribution in [3.05, 3.63) is 45.9 Å². The van der Waals surface area contributed by atoms with Gasteiger partial charge in [-0.1, -0.05) is 37.3 Å². The number of rotatable bonds is 5. The molecule has 0 N–H and O–H groups in total. The first-order valence-corrected chi connectivity index (χ1v) is 7.13. The third-order valence-electron chi connectivity index (χ3n) is 2.70. The highest BCUT2D eigenvalue weighted by Crippen LogP contribution is 2.29. The van der Waals surface area contributed by atoms with Gasteiger partial charge in [0.1, 0.15) is 10.0 Å². The van der Waals surface area contributed by atoms with Crippen molar-refractivity contribution in [2.45, 2.75) is 25.7 Å². The van der Waals surface area contributed by atoms with Crippen LogP contribution in [0.15, 0.2) is 30.3 Å². The predicted molar refractivity (Wildman–Crippen MR) is 72.9 cm³/mol. The zero-order valence-corrected chi connectivity index (χ0v) is 11.3. The van der Waals surface area contributed by atoms with Crippen molar-refractivity contribution in [3.63, 3.8) is 0 Å². The van der Waals surface area contributed by atoms with E-state index in [1.807, 2.05) is 6.07 Å². The molecule has 0 aliphatic carbocycles. The summed E-state index contributed by atoms with van der Waals surface area (Å²) in [6.45, 7) is 2.18. The van der Waals surface area contributed by atoms with Crippen molar-refractivity contribution in [1.29, 1.82) is 0 Å². The predicted octanol–water partition coefficient (Wildman–Crippen LogP) is 3.86. The van der Waals surface area contributed by atoms with E-state index >= 15 is 0 Å². The molecule has 0 radical (unpaired) electrons. The maximum atomic E-state index is 5.71. The molecular weight excluding hydrogens is 252 g/mol. The molecule has 0 aliphatic heterocycles. The minimum Gasteiger partial charge on any atom is -0.143 e. The highest BCUT2D eigenvalue weighted by molar-refractivity contribution is 7.11. The molecule has 0 bridgehead atoms. The van der Waals surface area contributed by atoms with Gasteiger partial charge in [-0.3, -0.25) is 0 Å². The number of aryl methyl sites for hydroxylation is 1. The number of benzene rings is 1. The van der Waals surface area contributed by atoms with Crippen molar-refractivity contribution < 1.29 is 0 Å². The fraction of sp³-hybridized carbons (Fsp3) is 0.385. The maximum Gasteiger partial charge on any atom is 0.124 e. The molecule has 1 aromatic heterocycles. The van der Waals surface area contributed by atoms with Crippen molar-refractivity contribution in [2.75, 3.05) is 5.88 Å². The molecule has 1 atom stereocenters. The SMILES string of the molecule is CCC(c1ccccc1)c1nnc(CCCl)s1. The van der Waals surface area contributed by atoms with E-state index in [0.29, 0.717) is 11.8 Å². The van der Waals surface area contributed by atoms with E-state index in [9.17, 15) is 0 Å². The first kappa shape index (κ1) is 12.5. The van der Waals surface area contributed by atoms with Gasteiger partial charge in [-0.25, -0.2) is 0 Å². The van der Waals surface area contributed by atoms with Crippen molar-refractivity contribution in [2.24, 2.45) is 0 Å². The van der Waals surface area contributed by atoms with Crippen LogP contribution in [-0.4, -0.2) is 16.1 Å². The Kier molecular flexibility index (Phi) is 4.51. The second kappa shape index (κ2) is 6.12. The lowest BCUT2D eigenvalue weighted by Crippen LogP contribution is -1.98. The van der Waals surface area contributed by atoms with Gasteiger partial charge in [0.25, 0.3) is 0 Å². The van der Waals surface area contributed by atoms with Crippen molar-refractivity contribution in [1.82, 2.24) is 10.2 Å². The van der Waals surface area contributed by atoms with Gasteiger partial charge in [0.2, 0.25) is 0 Å². The van der Waals surface area contributed by atoms with Crippen LogP contribution in [0.3, 0.4) is 0 Å². The molecule has 0 aliphatic rings. The number of hydrogen-bond donors (Lipinski definition) is 0. The highest BCUT2D eigenvalue weighted by Gasteiger charge is 2.16. The van der Waals surface area contributed by atoms with Crippen LogP contribution in [0, 0.1) is 0 Å². The molecule has 2 rings (SSSR count). The summed E-state index contributed by atoms with van der Waals surface area (Å²) >= 11 is 7.39. The van der Waals surface area contributed by atoms with Gasteiger partial charge in [-0.05, 0) is 12.0 Å². The Hall–Kier alpha value is -0.930. The fourth-order valence-electron chi connectivity index (χ4n) is 1.83. The molecule has 4 heteroatoms. The molecule has 0 saturated carbocycles. The summed E-state index contributed by atoms with van der Waals surface area (Å²) in [5.74, 6) is 0.967. The van der Waals surface area contributed by atoms with Gasteiger partial charge in [0.05, 0.1) is 0 Å². The van der Waals surface area contributed by atoms with Crippen LogP contribution in [0.2, 0.25) is 0 Å². The van der Waals surface area contributed by atoms with E-state index in [2.05, 4.69) is 41.4 Å². The van der Waals surface area contributed by atoms with E-state index in [1.54, 1.807) is 11.3 Å². The quantitative estimate of drug-likeness (QED) is 0.768. The standard InChI is InChI=1S/C13H15ClN2S/c1-2-11(10-6-4-3-5-7-10)13-16-15-12(17-13)8-9-14/h3-7,11H,2,8-9H2,1H3. The Bertz CT molecular complexity index is 455. The molecule has 90 valence electrons. The van der Waals surface area contributed by atoms with Gasteiger partial charge in [-0.2, -0.15) is 0 Å². The average Bonchev–Trinajstić information content (AvgIpc) is 2.81. The van der Waals surface area contributed by atoms with Gasteiger partial charge < -0.3 is 0 Å². The van der Waals surface area contributed by atoms with Crippen LogP contribution in [0.5, 0.6) is 0 Å². The van der Waals surface area contributed by atoms with E-state index in [1.165, 1.54) is 5.56 Å². The minimum absolute atomic E-state index is 0.359. The highest BCUT2D eigenvalue weighted by atomic mass is 35.5. The number of halogens is 1. The summed E-state index contributed by atoms with van der Waals surface area (Å²) < 4.78 is 0. The molecule has 1 aromatic carbocycles. The van der Waals surface area contributed by atoms with E-state index < -0.39 is 0 Å². The normalized spacial score (nSPS) is 12.6. The molecule has 2 aromatic rings. The first-order valence-electron chi connectivity index (χ1n) is 5.78. The summed E-state index contributed by atoms with van der Waals surface area (Å²) in [5, 5.41) is 10.6. The number of hydrogen-bond acceptors (Lipinski definition) is 3. The third-order valence-corrected chi connectivity index (χ3v) is 3.98. The Morgan fingerprint density at radius 1 is 1.24 bits per heavy atom. The molecule has 17 heavy (non-hydrogen) atoms. The zero-order valence-electron chi connectivity index (χ0n) is 9.77. The number of nitrogens with zero attached hydrogens (tertiary/aromatic N) is 2. The van der Waals surface area contributed by atoms with Crippen LogP contribution in [0.1, 0.15) is 34.8 Å². The van der Waals surface area contributed by atoms with Gasteiger partial charge >= 0.3 is 0 Å². The Morgan fingerprint density at radius 3 is 2.65 bits per heavy atom. The Labute approximate surface area is 111 Å². The molecule has 0 amide bonds. The molecular formula is C13H15ClN2S. The molecule has 0 saturated heterocycles. The molecule has 1 unspecified atom stereocenters. The van der Waals surface area contributed by atoms with E-state index in [4.69, 9.17) is 11.6 Å². The zero-order chi connectivity index (χ0) is 12.1. The monoisotopic (exact) mass is 266 g/mol. The van der Waals surface area contributed by atoms with Crippen molar-refractivity contribution in [3.8, 4) is 0 Å². The second-order valence-electron chi connectivity index (χ2n) is 3.84. The summed E-state index contributed by atoms with van der Waals surface area (Å²) in [4.78, 5) is 0. The molecule has 0 fully saturated rings. The maximum absolute atomic E-state index is 5.71. The third kappa shape index (κ3) is 3.05. The number of aromatic nitrogens is 2. The summed E-state index contributed by atoms with van der Waals surface area (Å²) in [7, 11) is 0. The first-order chi connectivity index (χ1) is 8.35. The lowest BCUT2D eigenvalue weighted by atomic mass is 9.97. The van der Waals surface area contributed by atoms with Gasteiger partial charge in [0.15, 0.2) is 0 Å². The van der Waals surface area contributed by atoms with E-state index in [0.717, 1.165) is 22.9 Å². The minimum atomic E-state index is 0.359. The summed E-state index contributed by atoms with van der Waals surface area (Å²) in [6, 6.07) is 10.5. The van der Waals surface area contributed by atoms with Gasteiger partial charge in [-0.15, -0.1) is 33.1 Å². The molecule has 2 nitrogen and oxygen atoms in total. The summed E-state index contributed by atoms with van der Waals surface area (Å²) in [6.07, 6.45) is 1.85. The van der Waals surface area contributed by atoms with Crippen LogP contribution in [0.25, 0.3) is 0 Å². The average molecular weight is 267 g/mol. The largest absolute Gasteiger partial charge is 0.143 e. The lowest BCUT2D eigenvalue weighted by molar-refractivity contribution is 0.752. The smallest absolute Gasteiger partial charge is 0.124 e. The van der Waals surface area contributed by atoms with Gasteiger partial charge in [0, 0.05) is 18.2 Å². The molecule has 1 heterocycles. The van der Waals surface area contributed by atoms with Crippen LogP contribution < -0.4 is 0 Å². The van der Waals surface area contributed by atoms with Crippen molar-refractivity contribution >= 4 is 22.9 Å². The van der Waals surface area contributed by atoms with Crippen LogP contribution in [-0.2, 0) is 6.42 Å². The van der Waals surface area contributed by atoms with E-state index in [-0.39, 0.29) is 0 Å². The van der Waals surface area contributed by atoms with Crippen LogP contribution in [0.4, 0.5) is 0 Å². The molecule has 0 spiro atoms. The fourth-order valence-corrected chi connectivity index (χ4v) is 3.17. The van der Waals surface area contributed by atoms with Crippen LogP contribution >= 0.6 is 22.9 Å². The Morgan fingerprint density at radius 2 is 2.00 bits per heavy atom. The number of alkyl halides is 1. The Balaban J connectivity index is 2.23.